The van der Waals surface area contributed by atoms with E-state index in [4.69, 9.17) is 23.2 Å². The van der Waals surface area contributed by atoms with Crippen LogP contribution in [0.3, 0.4) is 0 Å². The zero-order chi connectivity index (χ0) is 16.3. The average molecular weight is 358 g/mol. The molecule has 0 spiro atoms. The number of amides is 1. The monoisotopic (exact) mass is 357 g/mol. The van der Waals surface area contributed by atoms with E-state index in [1.165, 1.54) is 22.4 Å². The van der Waals surface area contributed by atoms with Gasteiger partial charge in [0.05, 0.1) is 10.7 Å². The Morgan fingerprint density at radius 3 is 2.77 bits per heavy atom. The Balaban J connectivity index is 2.23. The molecule has 0 aliphatic carbocycles. The first-order valence-electron chi connectivity index (χ1n) is 6.28. The van der Waals surface area contributed by atoms with Crippen molar-refractivity contribution in [2.45, 2.75) is 18.6 Å². The van der Waals surface area contributed by atoms with Crippen LogP contribution < -0.4 is 10.9 Å². The summed E-state index contributed by atoms with van der Waals surface area (Å²) in [5.74, 6) is -0.382. The molecule has 1 aromatic heterocycles. The number of aryl methyl sites for hydroxylation is 1. The number of aromatic nitrogens is 2. The summed E-state index contributed by atoms with van der Waals surface area (Å²) >= 11 is 13.2. The van der Waals surface area contributed by atoms with E-state index in [-0.39, 0.29) is 18.0 Å². The molecule has 0 saturated carbocycles. The molecule has 0 aliphatic heterocycles. The van der Waals surface area contributed by atoms with Gasteiger partial charge in [0.1, 0.15) is 6.54 Å². The number of benzene rings is 1. The maximum atomic E-state index is 12.1. The Bertz CT molecular complexity index is 777. The number of nitrogens with one attached hydrogen (secondary N) is 1. The molecule has 2 rings (SSSR count). The molecular formula is C14H13Cl2N3O2S. The normalized spacial score (nSPS) is 10.5. The van der Waals surface area contributed by atoms with Crippen molar-refractivity contribution < 1.29 is 4.79 Å². The van der Waals surface area contributed by atoms with Gasteiger partial charge in [-0.1, -0.05) is 35.0 Å². The van der Waals surface area contributed by atoms with Crippen molar-refractivity contribution in [3.8, 4) is 0 Å². The number of thioether (sulfide) groups is 1. The van der Waals surface area contributed by atoms with Crippen molar-refractivity contribution in [1.29, 1.82) is 0 Å². The lowest BCUT2D eigenvalue weighted by molar-refractivity contribution is -0.116. The third-order valence-corrected chi connectivity index (χ3v) is 4.03. The molecule has 0 aliphatic rings. The second-order valence-electron chi connectivity index (χ2n) is 4.48. The highest BCUT2D eigenvalue weighted by molar-refractivity contribution is 7.98. The fraction of sp³-hybridized carbons (Fsp3) is 0.214. The Hall–Kier alpha value is -1.50. The lowest BCUT2D eigenvalue weighted by Gasteiger charge is -2.12. The third-order valence-electron chi connectivity index (χ3n) is 2.79. The number of hydrogen-bond donors (Lipinski definition) is 1. The maximum absolute atomic E-state index is 12.1. The summed E-state index contributed by atoms with van der Waals surface area (Å²) in [4.78, 5) is 28.4. The predicted molar refractivity (Wildman–Crippen MR) is 90.1 cm³/mol. The Kier molecular flexibility index (Phi) is 5.50. The molecular weight excluding hydrogens is 345 g/mol. The highest BCUT2D eigenvalue weighted by Gasteiger charge is 2.12. The molecule has 5 nitrogen and oxygen atoms in total. The van der Waals surface area contributed by atoms with Gasteiger partial charge in [-0.2, -0.15) is 0 Å². The van der Waals surface area contributed by atoms with Crippen molar-refractivity contribution in [1.82, 2.24) is 9.55 Å². The maximum Gasteiger partial charge on any atom is 0.254 e. The molecule has 22 heavy (non-hydrogen) atoms. The van der Waals surface area contributed by atoms with Crippen LogP contribution in [-0.4, -0.2) is 21.7 Å². The molecule has 0 bridgehead atoms. The fourth-order valence-electron chi connectivity index (χ4n) is 1.82. The average Bonchev–Trinajstić information content (AvgIpc) is 2.45. The molecule has 1 aromatic carbocycles. The quantitative estimate of drug-likeness (QED) is 0.673. The zero-order valence-electron chi connectivity index (χ0n) is 11.9. The van der Waals surface area contributed by atoms with Crippen LogP contribution in [0.25, 0.3) is 0 Å². The number of rotatable bonds is 4. The highest BCUT2D eigenvalue weighted by Crippen LogP contribution is 2.25. The van der Waals surface area contributed by atoms with E-state index in [0.29, 0.717) is 26.6 Å². The molecule has 8 heteroatoms. The van der Waals surface area contributed by atoms with Crippen molar-refractivity contribution >= 4 is 46.6 Å². The molecule has 116 valence electrons. The number of carbonyl (C=O) groups is 1. The van der Waals surface area contributed by atoms with Crippen molar-refractivity contribution in [3.05, 3.63) is 50.4 Å². The van der Waals surface area contributed by atoms with Gasteiger partial charge in [-0.05, 0) is 31.4 Å². The Labute approximate surface area is 141 Å². The van der Waals surface area contributed by atoms with Gasteiger partial charge in [0, 0.05) is 16.8 Å². The molecule has 2 aromatic rings. The number of halogens is 2. The van der Waals surface area contributed by atoms with Gasteiger partial charge in [0.25, 0.3) is 5.56 Å². The van der Waals surface area contributed by atoms with Gasteiger partial charge in [-0.25, -0.2) is 4.98 Å². The second kappa shape index (κ2) is 7.17. The molecule has 0 atom stereocenters. The molecule has 1 amide bonds. The van der Waals surface area contributed by atoms with Crippen LogP contribution >= 0.6 is 35.0 Å². The van der Waals surface area contributed by atoms with Crippen LogP contribution in [0.1, 0.15) is 5.69 Å². The Morgan fingerprint density at radius 2 is 2.09 bits per heavy atom. The van der Waals surface area contributed by atoms with Crippen molar-refractivity contribution in [3.63, 3.8) is 0 Å². The van der Waals surface area contributed by atoms with Gasteiger partial charge in [-0.15, -0.1) is 0 Å². The smallest absolute Gasteiger partial charge is 0.254 e. The first-order chi connectivity index (χ1) is 10.4. The van der Waals surface area contributed by atoms with Crippen molar-refractivity contribution in [2.75, 3.05) is 11.6 Å². The fourth-order valence-corrected chi connectivity index (χ4v) is 2.77. The van der Waals surface area contributed by atoms with Gasteiger partial charge >= 0.3 is 0 Å². The van der Waals surface area contributed by atoms with Gasteiger partial charge in [0.2, 0.25) is 5.91 Å². The number of hydrogen-bond acceptors (Lipinski definition) is 4. The lowest BCUT2D eigenvalue weighted by Crippen LogP contribution is -2.29. The number of carbonyl (C=O) groups excluding carboxylic acids is 1. The van der Waals surface area contributed by atoms with Gasteiger partial charge < -0.3 is 5.32 Å². The van der Waals surface area contributed by atoms with Gasteiger partial charge in [0.15, 0.2) is 5.16 Å². The van der Waals surface area contributed by atoms with Gasteiger partial charge in [-0.3, -0.25) is 14.2 Å². The largest absolute Gasteiger partial charge is 0.323 e. The summed E-state index contributed by atoms with van der Waals surface area (Å²) in [5, 5.41) is 3.95. The third kappa shape index (κ3) is 4.03. The summed E-state index contributed by atoms with van der Waals surface area (Å²) in [6.45, 7) is 1.59. The van der Waals surface area contributed by atoms with Crippen molar-refractivity contribution in [2.24, 2.45) is 0 Å². The molecule has 1 N–H and O–H groups in total. The zero-order valence-corrected chi connectivity index (χ0v) is 14.2. The summed E-state index contributed by atoms with van der Waals surface area (Å²) in [6.07, 6.45) is 1.80. The Morgan fingerprint density at radius 1 is 1.36 bits per heavy atom. The van der Waals surface area contributed by atoms with E-state index in [1.54, 1.807) is 31.4 Å². The van der Waals surface area contributed by atoms with Crippen LogP contribution in [0.4, 0.5) is 5.69 Å². The minimum atomic E-state index is -0.382. The first-order valence-corrected chi connectivity index (χ1v) is 8.26. The highest BCUT2D eigenvalue weighted by atomic mass is 35.5. The SMILES string of the molecule is CSc1nc(C)cc(=O)n1CC(=O)Nc1cc(Cl)ccc1Cl. The minimum absolute atomic E-state index is 0.148. The van der Waals surface area contributed by atoms with Crippen LogP contribution in [0.15, 0.2) is 34.2 Å². The summed E-state index contributed by atoms with van der Waals surface area (Å²) < 4.78 is 1.31. The molecule has 1 heterocycles. The van der Waals surface area contributed by atoms with Crippen LogP contribution in [-0.2, 0) is 11.3 Å². The minimum Gasteiger partial charge on any atom is -0.323 e. The van der Waals surface area contributed by atoms with E-state index in [2.05, 4.69) is 10.3 Å². The van der Waals surface area contributed by atoms with Crippen LogP contribution in [0.2, 0.25) is 10.0 Å². The summed E-state index contributed by atoms with van der Waals surface area (Å²) in [6, 6.07) is 6.15. The first kappa shape index (κ1) is 16.9. The lowest BCUT2D eigenvalue weighted by atomic mass is 10.3. The number of anilines is 1. The van der Waals surface area contributed by atoms with Crippen LogP contribution in [0.5, 0.6) is 0 Å². The van der Waals surface area contributed by atoms with Crippen LogP contribution in [0, 0.1) is 6.92 Å². The molecule has 0 radical (unpaired) electrons. The summed E-state index contributed by atoms with van der Waals surface area (Å²) in [5.41, 5.74) is 0.742. The van der Waals surface area contributed by atoms with E-state index in [1.807, 2.05) is 0 Å². The second-order valence-corrected chi connectivity index (χ2v) is 6.10. The van der Waals surface area contributed by atoms with E-state index in [9.17, 15) is 9.59 Å². The van der Waals surface area contributed by atoms with E-state index < -0.39 is 0 Å². The molecule has 0 fully saturated rings. The topological polar surface area (TPSA) is 64.0 Å². The molecule has 0 saturated heterocycles. The summed E-state index contributed by atoms with van der Waals surface area (Å²) in [7, 11) is 0. The predicted octanol–water partition coefficient (Wildman–Crippen LogP) is 3.22. The molecule has 0 unspecified atom stereocenters. The van der Waals surface area contributed by atoms with E-state index in [0.717, 1.165) is 0 Å². The number of nitrogens with zero attached hydrogens (tertiary/aromatic N) is 2. The van der Waals surface area contributed by atoms with E-state index >= 15 is 0 Å². The standard InChI is InChI=1S/C14H13Cl2N3O2S/c1-8-5-13(21)19(14(17-8)22-2)7-12(20)18-11-6-9(15)3-4-10(11)16/h3-6H,7H2,1-2H3,(H,18,20).